The maximum absolute atomic E-state index is 8.34. The summed E-state index contributed by atoms with van der Waals surface area (Å²) >= 11 is 0. The molecule has 0 aliphatic carbocycles. The number of nitrogens with zero attached hydrogens (tertiary/aromatic N) is 3. The Bertz CT molecular complexity index is 350. The predicted octanol–water partition coefficient (Wildman–Crippen LogP) is 4.57. The minimum absolute atomic E-state index is 0.0824. The molecule has 2 atom stereocenters. The van der Waals surface area contributed by atoms with Gasteiger partial charge >= 0.3 is 0 Å². The van der Waals surface area contributed by atoms with Gasteiger partial charge in [-0.2, -0.15) is 0 Å². The molecule has 1 rings (SSSR count). The van der Waals surface area contributed by atoms with Crippen LogP contribution in [0.4, 0.5) is 0 Å². The van der Waals surface area contributed by atoms with Gasteiger partial charge in [-0.15, -0.1) is 0 Å². The van der Waals surface area contributed by atoms with Crippen LogP contribution >= 0.6 is 0 Å². The summed E-state index contributed by atoms with van der Waals surface area (Å²) in [6.45, 7) is 6.30. The fourth-order valence-corrected chi connectivity index (χ4v) is 1.48. The van der Waals surface area contributed by atoms with Crippen LogP contribution in [0.15, 0.2) is 29.4 Å². The van der Waals surface area contributed by atoms with Crippen molar-refractivity contribution in [1.82, 2.24) is 0 Å². The molecule has 0 aliphatic rings. The molecule has 0 fully saturated rings. The molecule has 0 bridgehead atoms. The van der Waals surface area contributed by atoms with Crippen LogP contribution in [0.3, 0.4) is 0 Å². The van der Waals surface area contributed by atoms with E-state index in [1.54, 1.807) is 0 Å². The molecule has 3 nitrogen and oxygen atoms in total. The zero-order valence-electron chi connectivity index (χ0n) is 9.51. The van der Waals surface area contributed by atoms with Crippen LogP contribution in [0.1, 0.15) is 50.3 Å². The largest absolute Gasteiger partial charge is 0.0862 e. The normalized spacial score (nSPS) is 14.1. The van der Waals surface area contributed by atoms with E-state index < -0.39 is 0 Å². The smallest absolute Gasteiger partial charge is 0.0597 e. The van der Waals surface area contributed by atoms with Crippen molar-refractivity contribution in [3.8, 4) is 0 Å². The van der Waals surface area contributed by atoms with E-state index in [2.05, 4.69) is 36.0 Å². The van der Waals surface area contributed by atoms with Crippen LogP contribution < -0.4 is 0 Å². The van der Waals surface area contributed by atoms with Crippen molar-refractivity contribution in [1.29, 1.82) is 0 Å². The first-order valence-corrected chi connectivity index (χ1v) is 5.33. The van der Waals surface area contributed by atoms with E-state index in [1.807, 2.05) is 19.1 Å². The van der Waals surface area contributed by atoms with Crippen molar-refractivity contribution < 1.29 is 0 Å². The fraction of sp³-hybridized carbons (Fsp3) is 0.500. The summed E-state index contributed by atoms with van der Waals surface area (Å²) in [6.07, 6.45) is 1.14. The minimum Gasteiger partial charge on any atom is -0.0862 e. The van der Waals surface area contributed by atoms with E-state index >= 15 is 0 Å². The molecule has 0 N–H and O–H groups in total. The van der Waals surface area contributed by atoms with Gasteiger partial charge in [0.2, 0.25) is 0 Å². The summed E-state index contributed by atoms with van der Waals surface area (Å²) < 4.78 is 0. The highest BCUT2D eigenvalue weighted by molar-refractivity contribution is 5.26. The highest BCUT2D eigenvalue weighted by Gasteiger charge is 2.05. The Labute approximate surface area is 90.8 Å². The number of rotatable bonds is 4. The van der Waals surface area contributed by atoms with Crippen LogP contribution in [0.5, 0.6) is 0 Å². The number of benzene rings is 1. The van der Waals surface area contributed by atoms with Gasteiger partial charge < -0.3 is 0 Å². The summed E-state index contributed by atoms with van der Waals surface area (Å²) in [6, 6.07) is 8.24. The van der Waals surface area contributed by atoms with Gasteiger partial charge in [-0.1, -0.05) is 50.2 Å². The first-order valence-electron chi connectivity index (χ1n) is 5.33. The van der Waals surface area contributed by atoms with Gasteiger partial charge in [-0.25, -0.2) is 0 Å². The molecule has 0 aliphatic heterocycles. The van der Waals surface area contributed by atoms with E-state index in [0.29, 0.717) is 5.92 Å². The van der Waals surface area contributed by atoms with Gasteiger partial charge in [0, 0.05) is 4.91 Å². The second-order valence-electron chi connectivity index (χ2n) is 3.86. The molecule has 0 heterocycles. The Kier molecular flexibility index (Phi) is 4.19. The van der Waals surface area contributed by atoms with Gasteiger partial charge in [-0.05, 0) is 29.0 Å². The molecular formula is C12H17N3. The summed E-state index contributed by atoms with van der Waals surface area (Å²) in [7, 11) is 0. The molecule has 0 spiro atoms. The highest BCUT2D eigenvalue weighted by Crippen LogP contribution is 2.22. The van der Waals surface area contributed by atoms with Crippen LogP contribution in [0.2, 0.25) is 0 Å². The van der Waals surface area contributed by atoms with Crippen molar-refractivity contribution in [2.45, 2.75) is 39.2 Å². The Balaban J connectivity index is 2.84. The molecular weight excluding hydrogens is 186 g/mol. The van der Waals surface area contributed by atoms with Crippen molar-refractivity contribution in [2.24, 2.45) is 5.11 Å². The third kappa shape index (κ3) is 3.00. The minimum atomic E-state index is -0.0824. The molecule has 80 valence electrons. The molecule has 0 amide bonds. The van der Waals surface area contributed by atoms with Crippen molar-refractivity contribution >= 4 is 0 Å². The second-order valence-corrected chi connectivity index (χ2v) is 3.86. The van der Waals surface area contributed by atoms with E-state index in [-0.39, 0.29) is 6.04 Å². The van der Waals surface area contributed by atoms with E-state index in [0.717, 1.165) is 12.0 Å². The Hall–Kier alpha value is -1.47. The monoisotopic (exact) mass is 203 g/mol. The molecule has 0 radical (unpaired) electrons. The summed E-state index contributed by atoms with van der Waals surface area (Å²) in [5, 5.41) is 3.67. The quantitative estimate of drug-likeness (QED) is 0.391. The standard InChI is InChI=1S/C12H17N3/c1-4-9(2)11-5-7-12(8-6-11)10(3)14-15-13/h5-10H,4H2,1-3H3. The zero-order valence-corrected chi connectivity index (χ0v) is 9.51. The Morgan fingerprint density at radius 3 is 2.20 bits per heavy atom. The molecule has 0 saturated carbocycles. The second kappa shape index (κ2) is 5.42. The third-order valence-corrected chi connectivity index (χ3v) is 2.83. The van der Waals surface area contributed by atoms with E-state index in [9.17, 15) is 0 Å². The van der Waals surface area contributed by atoms with Gasteiger partial charge in [0.15, 0.2) is 0 Å². The number of hydrogen-bond donors (Lipinski definition) is 0. The average Bonchev–Trinajstić information content (AvgIpc) is 2.28. The number of hydrogen-bond acceptors (Lipinski definition) is 1. The average molecular weight is 203 g/mol. The van der Waals surface area contributed by atoms with Crippen molar-refractivity contribution in [2.75, 3.05) is 0 Å². The lowest BCUT2D eigenvalue weighted by atomic mass is 9.96. The Morgan fingerprint density at radius 2 is 1.73 bits per heavy atom. The van der Waals surface area contributed by atoms with Gasteiger partial charge in [0.25, 0.3) is 0 Å². The summed E-state index contributed by atoms with van der Waals surface area (Å²) in [4.78, 5) is 2.81. The maximum atomic E-state index is 8.34. The molecule has 0 saturated heterocycles. The van der Waals surface area contributed by atoms with Crippen LogP contribution in [0.25, 0.3) is 10.4 Å². The summed E-state index contributed by atoms with van der Waals surface area (Å²) in [5.41, 5.74) is 10.7. The van der Waals surface area contributed by atoms with E-state index in [1.165, 1.54) is 5.56 Å². The van der Waals surface area contributed by atoms with Gasteiger partial charge in [0.05, 0.1) is 6.04 Å². The van der Waals surface area contributed by atoms with Crippen molar-refractivity contribution in [3.05, 3.63) is 45.8 Å². The maximum Gasteiger partial charge on any atom is 0.0597 e. The van der Waals surface area contributed by atoms with Gasteiger partial charge in [0.1, 0.15) is 0 Å². The lowest BCUT2D eigenvalue weighted by Crippen LogP contribution is -1.93. The topological polar surface area (TPSA) is 48.8 Å². The molecule has 1 aromatic carbocycles. The zero-order chi connectivity index (χ0) is 11.3. The third-order valence-electron chi connectivity index (χ3n) is 2.83. The lowest BCUT2D eigenvalue weighted by Gasteiger charge is -2.10. The van der Waals surface area contributed by atoms with Crippen LogP contribution in [-0.4, -0.2) is 0 Å². The first-order chi connectivity index (χ1) is 7.19. The molecule has 15 heavy (non-hydrogen) atoms. The predicted molar refractivity (Wildman–Crippen MR) is 62.7 cm³/mol. The van der Waals surface area contributed by atoms with E-state index in [4.69, 9.17) is 5.53 Å². The number of azide groups is 1. The SMILES string of the molecule is CCC(C)c1ccc(C(C)N=[N+]=[N-])cc1. The fourth-order valence-electron chi connectivity index (χ4n) is 1.48. The van der Waals surface area contributed by atoms with Crippen LogP contribution in [-0.2, 0) is 0 Å². The van der Waals surface area contributed by atoms with Crippen LogP contribution in [0, 0.1) is 0 Å². The molecule has 1 aromatic rings. The summed E-state index contributed by atoms with van der Waals surface area (Å²) in [5.74, 6) is 0.592. The first kappa shape index (κ1) is 11.6. The van der Waals surface area contributed by atoms with Gasteiger partial charge in [-0.3, -0.25) is 0 Å². The molecule has 0 aromatic heterocycles. The van der Waals surface area contributed by atoms with Crippen molar-refractivity contribution in [3.63, 3.8) is 0 Å². The molecule has 2 unspecified atom stereocenters. The Morgan fingerprint density at radius 1 is 1.20 bits per heavy atom. The highest BCUT2D eigenvalue weighted by atomic mass is 15.1. The lowest BCUT2D eigenvalue weighted by molar-refractivity contribution is 0.730. The molecule has 3 heteroatoms.